The summed E-state index contributed by atoms with van der Waals surface area (Å²) in [5.41, 5.74) is -0.767. The van der Waals surface area contributed by atoms with Gasteiger partial charge in [0.05, 0.1) is 6.42 Å². The van der Waals surface area contributed by atoms with Gasteiger partial charge in [0.25, 0.3) is 0 Å². The number of amides is 1. The highest BCUT2D eigenvalue weighted by Gasteiger charge is 2.68. The van der Waals surface area contributed by atoms with Gasteiger partial charge < -0.3 is 19.5 Å². The standard InChI is InChI=1S/C32H43NO9/c1-19(34)42-32(26(36)18-41-28(38)9-8-27(37)33-16-4-5-25(33)29(39)40)15-12-24-22-7-6-20-17-21(35)10-13-30(20,2)23(22)11-14-31(24,32)3/h17,22-25H,4-16,18H2,1-3H3,(H,39,40)/t22-,23+,24-,25-,30+,31+,32+/m1/s1. The fourth-order valence-corrected chi connectivity index (χ4v) is 9.49. The minimum absolute atomic E-state index is 0.0264. The van der Waals surface area contributed by atoms with Crippen LogP contribution in [-0.4, -0.2) is 70.2 Å². The quantitative estimate of drug-likeness (QED) is 0.421. The molecule has 230 valence electrons. The number of carboxylic acid groups (broad SMARTS) is 1. The van der Waals surface area contributed by atoms with Crippen LogP contribution in [0.4, 0.5) is 0 Å². The summed E-state index contributed by atoms with van der Waals surface area (Å²) >= 11 is 0. The number of carbonyl (C=O) groups is 6. The van der Waals surface area contributed by atoms with E-state index in [4.69, 9.17) is 9.47 Å². The largest absolute Gasteiger partial charge is 0.480 e. The lowest BCUT2D eigenvalue weighted by Crippen LogP contribution is -2.59. The number of rotatable bonds is 8. The van der Waals surface area contributed by atoms with Gasteiger partial charge in [-0.1, -0.05) is 19.4 Å². The molecule has 0 spiro atoms. The van der Waals surface area contributed by atoms with E-state index in [1.807, 2.05) is 6.08 Å². The molecule has 0 aromatic rings. The van der Waals surface area contributed by atoms with Gasteiger partial charge in [0, 0.05) is 31.7 Å². The summed E-state index contributed by atoms with van der Waals surface area (Å²) in [5.74, 6) is -2.08. The van der Waals surface area contributed by atoms with Crippen LogP contribution in [0.15, 0.2) is 11.6 Å². The van der Waals surface area contributed by atoms with Crippen LogP contribution in [0.5, 0.6) is 0 Å². The third kappa shape index (κ3) is 4.98. The van der Waals surface area contributed by atoms with E-state index in [2.05, 4.69) is 13.8 Å². The number of hydrogen-bond donors (Lipinski definition) is 1. The molecule has 4 aliphatic carbocycles. The molecule has 1 aliphatic heterocycles. The number of ketones is 2. The van der Waals surface area contributed by atoms with E-state index in [1.54, 1.807) is 0 Å². The Kier molecular flexibility index (Phi) is 8.13. The number of carbonyl (C=O) groups excluding carboxylic acids is 5. The summed E-state index contributed by atoms with van der Waals surface area (Å²) in [6.07, 6.45) is 8.26. The van der Waals surface area contributed by atoms with Crippen LogP contribution in [-0.2, 0) is 38.2 Å². The number of carboxylic acids is 1. The lowest BCUT2D eigenvalue weighted by Gasteiger charge is -2.59. The molecule has 0 unspecified atom stereocenters. The van der Waals surface area contributed by atoms with Gasteiger partial charge in [-0.2, -0.15) is 0 Å². The zero-order valence-corrected chi connectivity index (χ0v) is 24.9. The molecule has 5 rings (SSSR count). The Morgan fingerprint density at radius 2 is 1.71 bits per heavy atom. The van der Waals surface area contributed by atoms with Crippen molar-refractivity contribution < 1.29 is 43.3 Å². The predicted molar refractivity (Wildman–Crippen MR) is 149 cm³/mol. The molecule has 5 aliphatic rings. The van der Waals surface area contributed by atoms with Gasteiger partial charge in [-0.3, -0.25) is 24.0 Å². The number of ether oxygens (including phenoxy) is 2. The van der Waals surface area contributed by atoms with Gasteiger partial charge in [0.1, 0.15) is 6.04 Å². The van der Waals surface area contributed by atoms with Crippen LogP contribution in [0.25, 0.3) is 0 Å². The first-order chi connectivity index (χ1) is 19.8. The Bertz CT molecular complexity index is 1220. The zero-order valence-electron chi connectivity index (χ0n) is 24.9. The van der Waals surface area contributed by atoms with Crippen molar-refractivity contribution in [2.45, 2.75) is 109 Å². The molecule has 1 N–H and O–H groups in total. The van der Waals surface area contributed by atoms with Crippen molar-refractivity contribution in [2.24, 2.45) is 28.6 Å². The first kappa shape index (κ1) is 30.4. The number of hydrogen-bond acceptors (Lipinski definition) is 8. The first-order valence-electron chi connectivity index (χ1n) is 15.5. The van der Waals surface area contributed by atoms with Crippen molar-refractivity contribution in [3.8, 4) is 0 Å². The third-order valence-electron chi connectivity index (χ3n) is 11.6. The van der Waals surface area contributed by atoms with E-state index < -0.39 is 53.3 Å². The normalized spacial score (nSPS) is 37.2. The number of Topliss-reactive ketones (excluding diaryl/α,β-unsaturated/α-hetero) is 1. The van der Waals surface area contributed by atoms with E-state index >= 15 is 0 Å². The van der Waals surface area contributed by atoms with Gasteiger partial charge in [-0.25, -0.2) is 4.79 Å². The molecule has 0 bridgehead atoms. The number of nitrogens with zero attached hydrogens (tertiary/aromatic N) is 1. The molecule has 42 heavy (non-hydrogen) atoms. The van der Waals surface area contributed by atoms with E-state index in [9.17, 15) is 33.9 Å². The summed E-state index contributed by atoms with van der Waals surface area (Å²) < 4.78 is 11.3. The van der Waals surface area contributed by atoms with Gasteiger partial charge in [0.2, 0.25) is 11.7 Å². The van der Waals surface area contributed by atoms with Crippen LogP contribution < -0.4 is 0 Å². The molecule has 1 amide bonds. The van der Waals surface area contributed by atoms with E-state index in [-0.39, 0.29) is 30.0 Å². The molecule has 0 aromatic heterocycles. The number of allylic oxidation sites excluding steroid dienone is 1. The van der Waals surface area contributed by atoms with Crippen molar-refractivity contribution in [1.82, 2.24) is 4.90 Å². The Labute approximate surface area is 246 Å². The van der Waals surface area contributed by atoms with Crippen molar-refractivity contribution in [1.29, 1.82) is 0 Å². The highest BCUT2D eigenvalue weighted by atomic mass is 16.6. The van der Waals surface area contributed by atoms with Gasteiger partial charge in [0.15, 0.2) is 18.0 Å². The Morgan fingerprint density at radius 1 is 0.976 bits per heavy atom. The molecular weight excluding hydrogens is 542 g/mol. The van der Waals surface area contributed by atoms with Crippen LogP contribution in [0.2, 0.25) is 0 Å². The Balaban J connectivity index is 1.26. The number of fused-ring (bicyclic) bond motifs is 5. The first-order valence-corrected chi connectivity index (χ1v) is 15.5. The lowest BCUT2D eigenvalue weighted by molar-refractivity contribution is -0.191. The molecule has 0 radical (unpaired) electrons. The number of esters is 2. The number of aliphatic carboxylic acids is 1. The lowest BCUT2D eigenvalue weighted by atomic mass is 9.46. The molecule has 0 aromatic carbocycles. The highest BCUT2D eigenvalue weighted by molar-refractivity contribution is 5.94. The molecule has 10 heteroatoms. The maximum absolute atomic E-state index is 13.9. The number of likely N-dealkylation sites (tertiary alicyclic amines) is 1. The third-order valence-corrected chi connectivity index (χ3v) is 11.6. The predicted octanol–water partition coefficient (Wildman–Crippen LogP) is 3.79. The van der Waals surface area contributed by atoms with E-state index in [0.717, 1.165) is 32.1 Å². The maximum Gasteiger partial charge on any atom is 0.326 e. The minimum Gasteiger partial charge on any atom is -0.480 e. The fraction of sp³-hybridized carbons (Fsp3) is 0.750. The average molecular weight is 586 g/mol. The molecular formula is C32H43NO9. The van der Waals surface area contributed by atoms with Gasteiger partial charge in [-0.15, -0.1) is 0 Å². The van der Waals surface area contributed by atoms with Crippen LogP contribution in [0, 0.1) is 28.6 Å². The second-order valence-electron chi connectivity index (χ2n) is 13.6. The molecule has 4 fully saturated rings. The topological polar surface area (TPSA) is 144 Å². The summed E-state index contributed by atoms with van der Waals surface area (Å²) in [6, 6.07) is -0.875. The Morgan fingerprint density at radius 3 is 2.43 bits per heavy atom. The van der Waals surface area contributed by atoms with Crippen LogP contribution in [0.1, 0.15) is 97.8 Å². The van der Waals surface area contributed by atoms with Crippen molar-refractivity contribution in [3.05, 3.63) is 11.6 Å². The summed E-state index contributed by atoms with van der Waals surface area (Å²) in [6.45, 7) is 5.43. The average Bonchev–Trinajstić information content (AvgIpc) is 3.54. The molecule has 1 heterocycles. The zero-order chi connectivity index (χ0) is 30.4. The molecule has 7 atom stereocenters. The summed E-state index contributed by atoms with van der Waals surface area (Å²) in [4.78, 5) is 76.2. The Hall–Kier alpha value is -3.04. The van der Waals surface area contributed by atoms with Gasteiger partial charge in [-0.05, 0) is 87.0 Å². The molecule has 1 saturated heterocycles. The molecule has 10 nitrogen and oxygen atoms in total. The van der Waals surface area contributed by atoms with Crippen molar-refractivity contribution in [2.75, 3.05) is 13.2 Å². The molecule has 3 saturated carbocycles. The maximum atomic E-state index is 13.9. The summed E-state index contributed by atoms with van der Waals surface area (Å²) in [5, 5.41) is 9.31. The van der Waals surface area contributed by atoms with Gasteiger partial charge >= 0.3 is 17.9 Å². The van der Waals surface area contributed by atoms with Crippen molar-refractivity contribution >= 4 is 35.4 Å². The minimum atomic E-state index is -1.39. The van der Waals surface area contributed by atoms with Crippen molar-refractivity contribution in [3.63, 3.8) is 0 Å². The second kappa shape index (κ2) is 11.2. The summed E-state index contributed by atoms with van der Waals surface area (Å²) in [7, 11) is 0. The van der Waals surface area contributed by atoms with E-state index in [1.165, 1.54) is 17.4 Å². The van der Waals surface area contributed by atoms with Crippen LogP contribution >= 0.6 is 0 Å². The second-order valence-corrected chi connectivity index (χ2v) is 13.6. The smallest absolute Gasteiger partial charge is 0.326 e. The SMILES string of the molecule is CC(=O)O[C@]1(C(=O)COC(=O)CCC(=O)N2CCC[C@@H]2C(=O)O)CC[C@@H]2[C@@H]3CCC4=CC(=O)CC[C@]4(C)[C@H]3CC[C@@]21C. The van der Waals surface area contributed by atoms with Crippen LogP contribution in [0.3, 0.4) is 0 Å². The highest BCUT2D eigenvalue weighted by Crippen LogP contribution is 2.68. The van der Waals surface area contributed by atoms with E-state index in [0.29, 0.717) is 50.5 Å². The fourth-order valence-electron chi connectivity index (χ4n) is 9.49. The monoisotopic (exact) mass is 585 g/mol.